The number of ether oxygens (including phenoxy) is 2. The number of benzene rings is 2. The van der Waals surface area contributed by atoms with Crippen LogP contribution in [-0.2, 0) is 4.79 Å². The van der Waals surface area contributed by atoms with Gasteiger partial charge in [0, 0.05) is 22.7 Å². The third kappa shape index (κ3) is 4.45. The number of methoxy groups -OCH3 is 1. The van der Waals surface area contributed by atoms with Crippen LogP contribution >= 0.6 is 15.9 Å². The highest BCUT2D eigenvalue weighted by Gasteiger charge is 2.18. The van der Waals surface area contributed by atoms with Gasteiger partial charge in [-0.15, -0.1) is 0 Å². The predicted octanol–water partition coefficient (Wildman–Crippen LogP) is 3.77. The molecule has 0 fully saturated rings. The van der Waals surface area contributed by atoms with E-state index in [-0.39, 0.29) is 5.69 Å². The van der Waals surface area contributed by atoms with Crippen molar-refractivity contribution >= 4 is 33.2 Å². The Morgan fingerprint density at radius 2 is 1.96 bits per heavy atom. The van der Waals surface area contributed by atoms with Gasteiger partial charge in [0.05, 0.1) is 17.7 Å². The van der Waals surface area contributed by atoms with Gasteiger partial charge in [0.25, 0.3) is 11.6 Å². The molecule has 0 saturated carbocycles. The van der Waals surface area contributed by atoms with Crippen LogP contribution in [-0.4, -0.2) is 24.0 Å². The Balaban J connectivity index is 2.08. The fourth-order valence-corrected chi connectivity index (χ4v) is 2.23. The Labute approximate surface area is 146 Å². The molecule has 1 atom stereocenters. The van der Waals surface area contributed by atoms with Gasteiger partial charge in [-0.3, -0.25) is 14.9 Å². The third-order valence-electron chi connectivity index (χ3n) is 3.14. The van der Waals surface area contributed by atoms with Crippen molar-refractivity contribution in [2.45, 2.75) is 13.0 Å². The van der Waals surface area contributed by atoms with Gasteiger partial charge in [0.1, 0.15) is 11.5 Å². The van der Waals surface area contributed by atoms with E-state index in [9.17, 15) is 14.9 Å². The number of nitrogens with one attached hydrogen (secondary N) is 1. The van der Waals surface area contributed by atoms with Crippen LogP contribution in [0.25, 0.3) is 0 Å². The number of nitro benzene ring substituents is 1. The second-order valence-electron chi connectivity index (χ2n) is 4.85. The molecule has 8 heteroatoms. The van der Waals surface area contributed by atoms with Crippen LogP contribution in [0.4, 0.5) is 11.4 Å². The van der Waals surface area contributed by atoms with Crippen molar-refractivity contribution in [3.05, 3.63) is 57.1 Å². The van der Waals surface area contributed by atoms with Gasteiger partial charge in [-0.25, -0.2) is 0 Å². The van der Waals surface area contributed by atoms with Crippen LogP contribution < -0.4 is 14.8 Å². The fraction of sp³-hybridized carbons (Fsp3) is 0.188. The number of rotatable bonds is 6. The number of carbonyl (C=O) groups excluding carboxylic acids is 1. The van der Waals surface area contributed by atoms with Gasteiger partial charge in [-0.1, -0.05) is 6.07 Å². The summed E-state index contributed by atoms with van der Waals surface area (Å²) in [5.41, 5.74) is 0.185. The summed E-state index contributed by atoms with van der Waals surface area (Å²) in [6.07, 6.45) is -0.803. The number of amides is 1. The largest absolute Gasteiger partial charge is 0.497 e. The average Bonchev–Trinajstić information content (AvgIpc) is 2.56. The zero-order valence-corrected chi connectivity index (χ0v) is 14.6. The van der Waals surface area contributed by atoms with E-state index in [4.69, 9.17) is 9.47 Å². The smallest absolute Gasteiger partial charge is 0.271 e. The molecule has 0 aliphatic rings. The van der Waals surface area contributed by atoms with Crippen molar-refractivity contribution in [2.75, 3.05) is 12.4 Å². The van der Waals surface area contributed by atoms with Crippen molar-refractivity contribution < 1.29 is 19.2 Å². The zero-order chi connectivity index (χ0) is 17.7. The minimum Gasteiger partial charge on any atom is -0.497 e. The lowest BCUT2D eigenvalue weighted by atomic mass is 10.2. The van der Waals surface area contributed by atoms with Gasteiger partial charge >= 0.3 is 0 Å². The summed E-state index contributed by atoms with van der Waals surface area (Å²) in [7, 11) is 1.54. The molecule has 7 nitrogen and oxygen atoms in total. The fourth-order valence-electron chi connectivity index (χ4n) is 1.89. The Bertz CT molecular complexity index is 766. The van der Waals surface area contributed by atoms with E-state index in [1.165, 1.54) is 25.3 Å². The molecule has 0 heterocycles. The van der Waals surface area contributed by atoms with E-state index < -0.39 is 16.9 Å². The molecule has 24 heavy (non-hydrogen) atoms. The molecular formula is C16H15BrN2O5. The molecule has 126 valence electrons. The second-order valence-corrected chi connectivity index (χ2v) is 5.70. The van der Waals surface area contributed by atoms with Crippen molar-refractivity contribution in [3.8, 4) is 11.5 Å². The molecule has 1 amide bonds. The number of non-ortho nitro benzene ring substituents is 1. The summed E-state index contributed by atoms with van der Waals surface area (Å²) in [4.78, 5) is 22.5. The molecule has 0 aliphatic heterocycles. The third-order valence-corrected chi connectivity index (χ3v) is 3.83. The molecule has 0 aliphatic carbocycles. The molecule has 2 rings (SSSR count). The van der Waals surface area contributed by atoms with Gasteiger partial charge in [-0.2, -0.15) is 0 Å². The Hall–Kier alpha value is -2.61. The summed E-state index contributed by atoms with van der Waals surface area (Å²) in [6.45, 7) is 1.58. The molecule has 0 saturated heterocycles. The lowest BCUT2D eigenvalue weighted by Crippen LogP contribution is -2.30. The summed E-state index contributed by atoms with van der Waals surface area (Å²) in [5.74, 6) is 0.663. The van der Waals surface area contributed by atoms with Gasteiger partial charge < -0.3 is 14.8 Å². The van der Waals surface area contributed by atoms with Gasteiger partial charge in [-0.05, 0) is 41.1 Å². The van der Waals surface area contributed by atoms with E-state index in [2.05, 4.69) is 21.2 Å². The average molecular weight is 395 g/mol. The summed E-state index contributed by atoms with van der Waals surface area (Å²) >= 11 is 3.25. The molecule has 1 unspecified atom stereocenters. The number of nitrogens with zero attached hydrogens (tertiary/aromatic N) is 1. The normalized spacial score (nSPS) is 11.5. The monoisotopic (exact) mass is 394 g/mol. The highest BCUT2D eigenvalue weighted by molar-refractivity contribution is 9.10. The first-order valence-corrected chi connectivity index (χ1v) is 7.75. The second kappa shape index (κ2) is 7.78. The summed E-state index contributed by atoms with van der Waals surface area (Å²) in [6, 6.07) is 11.0. The lowest BCUT2D eigenvalue weighted by molar-refractivity contribution is -0.384. The molecular weight excluding hydrogens is 380 g/mol. The van der Waals surface area contributed by atoms with Crippen LogP contribution in [0.5, 0.6) is 11.5 Å². The van der Waals surface area contributed by atoms with Crippen molar-refractivity contribution in [2.24, 2.45) is 0 Å². The molecule has 0 aromatic heterocycles. The van der Waals surface area contributed by atoms with Crippen LogP contribution in [0.1, 0.15) is 6.92 Å². The van der Waals surface area contributed by atoms with E-state index >= 15 is 0 Å². The standard InChI is InChI=1S/C16H15BrN2O5/c1-10(24-13-5-3-4-12(9-13)23-2)16(20)18-15-8-11(19(21)22)6-7-14(15)17/h3-10H,1-2H3,(H,18,20). The Morgan fingerprint density at radius 1 is 1.25 bits per heavy atom. The van der Waals surface area contributed by atoms with E-state index in [1.54, 1.807) is 31.2 Å². The van der Waals surface area contributed by atoms with E-state index in [1.807, 2.05) is 0 Å². The Kier molecular flexibility index (Phi) is 5.75. The van der Waals surface area contributed by atoms with Crippen molar-refractivity contribution in [3.63, 3.8) is 0 Å². The van der Waals surface area contributed by atoms with Crippen molar-refractivity contribution in [1.29, 1.82) is 0 Å². The first kappa shape index (κ1) is 17.7. The van der Waals surface area contributed by atoms with Crippen LogP contribution in [0, 0.1) is 10.1 Å². The van der Waals surface area contributed by atoms with E-state index in [0.717, 1.165) is 0 Å². The summed E-state index contributed by atoms with van der Waals surface area (Å²) < 4.78 is 11.2. The Morgan fingerprint density at radius 3 is 2.62 bits per heavy atom. The highest BCUT2D eigenvalue weighted by atomic mass is 79.9. The lowest BCUT2D eigenvalue weighted by Gasteiger charge is -2.15. The van der Waals surface area contributed by atoms with E-state index in [0.29, 0.717) is 21.7 Å². The quantitative estimate of drug-likeness (QED) is 0.594. The maximum atomic E-state index is 12.2. The number of anilines is 1. The predicted molar refractivity (Wildman–Crippen MR) is 92.5 cm³/mol. The topological polar surface area (TPSA) is 90.7 Å². The maximum absolute atomic E-state index is 12.2. The van der Waals surface area contributed by atoms with Crippen LogP contribution in [0.15, 0.2) is 46.9 Å². The first-order chi connectivity index (χ1) is 11.4. The molecule has 0 radical (unpaired) electrons. The minimum atomic E-state index is -0.803. The number of hydrogen-bond donors (Lipinski definition) is 1. The number of halogens is 1. The summed E-state index contributed by atoms with van der Waals surface area (Å²) in [5, 5.41) is 13.4. The number of carbonyl (C=O) groups is 1. The molecule has 0 bridgehead atoms. The van der Waals surface area contributed by atoms with Gasteiger partial charge in [0.2, 0.25) is 0 Å². The highest BCUT2D eigenvalue weighted by Crippen LogP contribution is 2.27. The molecule has 1 N–H and O–H groups in total. The van der Waals surface area contributed by atoms with Crippen LogP contribution in [0.2, 0.25) is 0 Å². The first-order valence-electron chi connectivity index (χ1n) is 6.96. The molecule has 2 aromatic rings. The number of nitro groups is 1. The molecule has 0 spiro atoms. The van der Waals surface area contributed by atoms with Crippen molar-refractivity contribution in [1.82, 2.24) is 0 Å². The zero-order valence-electron chi connectivity index (χ0n) is 13.0. The number of hydrogen-bond acceptors (Lipinski definition) is 5. The molecule has 2 aromatic carbocycles. The SMILES string of the molecule is COc1cccc(OC(C)C(=O)Nc2cc([N+](=O)[O-])ccc2Br)c1. The minimum absolute atomic E-state index is 0.116. The maximum Gasteiger partial charge on any atom is 0.271 e. The van der Waals surface area contributed by atoms with Gasteiger partial charge in [0.15, 0.2) is 6.10 Å². The van der Waals surface area contributed by atoms with Crippen LogP contribution in [0.3, 0.4) is 0 Å².